The van der Waals surface area contributed by atoms with E-state index in [1.165, 1.54) is 12.8 Å². The summed E-state index contributed by atoms with van der Waals surface area (Å²) in [6, 6.07) is 8.35. The second kappa shape index (κ2) is 4.18. The zero-order valence-corrected chi connectivity index (χ0v) is 9.99. The predicted molar refractivity (Wildman–Crippen MR) is 65.3 cm³/mol. The first-order chi connectivity index (χ1) is 6.81. The Bertz CT molecular complexity index is 375. The number of nitriles is 1. The molecule has 2 nitrogen and oxygen atoms in total. The Morgan fingerprint density at radius 2 is 2.00 bits per heavy atom. The first-order valence-electron chi connectivity index (χ1n) is 4.76. The lowest BCUT2D eigenvalue weighted by molar-refractivity contribution is 0.949. The van der Waals surface area contributed by atoms with Crippen molar-refractivity contribution in [2.45, 2.75) is 12.8 Å². The first-order valence-corrected chi connectivity index (χ1v) is 5.84. The van der Waals surface area contributed by atoms with Gasteiger partial charge in [-0.25, -0.2) is 0 Å². The van der Waals surface area contributed by atoms with Gasteiger partial charge in [0, 0.05) is 16.7 Å². The van der Waals surface area contributed by atoms with Crippen LogP contribution in [0, 0.1) is 14.9 Å². The highest BCUT2D eigenvalue weighted by atomic mass is 127. The highest BCUT2D eigenvalue weighted by Gasteiger charge is 2.15. The minimum Gasteiger partial charge on any atom is -0.370 e. The summed E-state index contributed by atoms with van der Waals surface area (Å²) in [5.74, 6) is 0. The molecule has 1 aromatic rings. The third-order valence-corrected chi connectivity index (χ3v) is 3.20. The number of hydrogen-bond donors (Lipinski definition) is 0. The minimum atomic E-state index is 0.804. The maximum absolute atomic E-state index is 9.02. The lowest BCUT2D eigenvalue weighted by Gasteiger charge is -2.18. The SMILES string of the molecule is N#Cc1cc(I)ccc1N1CCCC1. The van der Waals surface area contributed by atoms with Crippen LogP contribution in [0.25, 0.3) is 0 Å². The van der Waals surface area contributed by atoms with Gasteiger partial charge in [-0.05, 0) is 53.6 Å². The summed E-state index contributed by atoms with van der Waals surface area (Å²) in [7, 11) is 0. The average molecular weight is 298 g/mol. The Balaban J connectivity index is 2.37. The summed E-state index contributed by atoms with van der Waals surface area (Å²) in [6.07, 6.45) is 2.49. The molecule has 1 aliphatic rings. The third-order valence-electron chi connectivity index (χ3n) is 2.53. The molecule has 0 amide bonds. The van der Waals surface area contributed by atoms with Gasteiger partial charge in [-0.2, -0.15) is 5.26 Å². The van der Waals surface area contributed by atoms with Crippen molar-refractivity contribution in [3.8, 4) is 6.07 Å². The van der Waals surface area contributed by atoms with Crippen LogP contribution in [0.15, 0.2) is 18.2 Å². The fourth-order valence-electron chi connectivity index (χ4n) is 1.83. The van der Waals surface area contributed by atoms with Gasteiger partial charge in [-0.1, -0.05) is 0 Å². The summed E-state index contributed by atoms with van der Waals surface area (Å²) in [6.45, 7) is 2.19. The van der Waals surface area contributed by atoms with E-state index >= 15 is 0 Å². The molecule has 1 fully saturated rings. The Hall–Kier alpha value is -0.760. The summed E-state index contributed by atoms with van der Waals surface area (Å²) in [5.41, 5.74) is 1.91. The van der Waals surface area contributed by atoms with Gasteiger partial charge in [-0.3, -0.25) is 0 Å². The van der Waals surface area contributed by atoms with Crippen molar-refractivity contribution in [3.05, 3.63) is 27.3 Å². The molecule has 14 heavy (non-hydrogen) atoms. The van der Waals surface area contributed by atoms with Crippen LogP contribution in [0.5, 0.6) is 0 Å². The summed E-state index contributed by atoms with van der Waals surface area (Å²) in [5, 5.41) is 9.02. The molecule has 0 atom stereocenters. The number of hydrogen-bond acceptors (Lipinski definition) is 2. The molecule has 0 bridgehead atoms. The molecule has 0 saturated carbocycles. The largest absolute Gasteiger partial charge is 0.370 e. The van der Waals surface area contributed by atoms with Gasteiger partial charge in [0.2, 0.25) is 0 Å². The van der Waals surface area contributed by atoms with Gasteiger partial charge in [0.25, 0.3) is 0 Å². The monoisotopic (exact) mass is 298 g/mol. The molecular formula is C11H11IN2. The van der Waals surface area contributed by atoms with Crippen LogP contribution in [0.2, 0.25) is 0 Å². The lowest BCUT2D eigenvalue weighted by Crippen LogP contribution is -2.18. The predicted octanol–water partition coefficient (Wildman–Crippen LogP) is 2.76. The van der Waals surface area contributed by atoms with Crippen molar-refractivity contribution in [1.82, 2.24) is 0 Å². The second-order valence-electron chi connectivity index (χ2n) is 3.47. The maximum atomic E-state index is 9.02. The standard InChI is InChI=1S/C11H11IN2/c12-10-3-4-11(9(7-10)8-13)14-5-1-2-6-14/h3-4,7H,1-2,5-6H2. The molecule has 0 N–H and O–H groups in total. The molecule has 1 aromatic carbocycles. The molecule has 1 aliphatic heterocycles. The van der Waals surface area contributed by atoms with Crippen LogP contribution in [-0.2, 0) is 0 Å². The number of rotatable bonds is 1. The number of anilines is 1. The summed E-state index contributed by atoms with van der Waals surface area (Å²) in [4.78, 5) is 2.30. The molecule has 3 heteroatoms. The topological polar surface area (TPSA) is 27.0 Å². The Morgan fingerprint density at radius 1 is 1.29 bits per heavy atom. The van der Waals surface area contributed by atoms with Gasteiger partial charge >= 0.3 is 0 Å². The quantitative estimate of drug-likeness (QED) is 0.745. The highest BCUT2D eigenvalue weighted by Crippen LogP contribution is 2.25. The molecule has 72 valence electrons. The van der Waals surface area contributed by atoms with Crippen molar-refractivity contribution in [2.24, 2.45) is 0 Å². The van der Waals surface area contributed by atoms with Crippen LogP contribution >= 0.6 is 22.6 Å². The zero-order valence-electron chi connectivity index (χ0n) is 7.83. The molecule has 2 rings (SSSR count). The van der Waals surface area contributed by atoms with E-state index < -0.39 is 0 Å². The number of nitrogens with zero attached hydrogens (tertiary/aromatic N) is 2. The van der Waals surface area contributed by atoms with Gasteiger partial charge in [0.05, 0.1) is 11.3 Å². The summed E-state index contributed by atoms with van der Waals surface area (Å²) < 4.78 is 1.13. The van der Waals surface area contributed by atoms with E-state index in [9.17, 15) is 0 Å². The molecule has 1 saturated heterocycles. The molecule has 0 spiro atoms. The maximum Gasteiger partial charge on any atom is 0.101 e. The summed E-state index contributed by atoms with van der Waals surface area (Å²) >= 11 is 2.24. The van der Waals surface area contributed by atoms with E-state index in [0.717, 1.165) is 27.9 Å². The van der Waals surface area contributed by atoms with Gasteiger partial charge in [0.15, 0.2) is 0 Å². The molecule has 0 aromatic heterocycles. The third kappa shape index (κ3) is 1.85. The van der Waals surface area contributed by atoms with Crippen molar-refractivity contribution < 1.29 is 0 Å². The van der Waals surface area contributed by atoms with Crippen LogP contribution in [0.1, 0.15) is 18.4 Å². The average Bonchev–Trinajstić information content (AvgIpc) is 2.70. The number of halogens is 1. The Kier molecular flexibility index (Phi) is 2.92. The second-order valence-corrected chi connectivity index (χ2v) is 4.71. The van der Waals surface area contributed by atoms with Crippen LogP contribution in [0.4, 0.5) is 5.69 Å². The molecular weight excluding hydrogens is 287 g/mol. The van der Waals surface area contributed by atoms with Crippen LogP contribution < -0.4 is 4.90 Å². The van der Waals surface area contributed by atoms with Crippen molar-refractivity contribution >= 4 is 28.3 Å². The first kappa shape index (κ1) is 9.78. The molecule has 1 heterocycles. The van der Waals surface area contributed by atoms with Gasteiger partial charge in [-0.15, -0.1) is 0 Å². The highest BCUT2D eigenvalue weighted by molar-refractivity contribution is 14.1. The minimum absolute atomic E-state index is 0.804. The van der Waals surface area contributed by atoms with E-state index in [-0.39, 0.29) is 0 Å². The Morgan fingerprint density at radius 3 is 2.64 bits per heavy atom. The fourth-order valence-corrected chi connectivity index (χ4v) is 2.32. The van der Waals surface area contributed by atoms with Crippen LogP contribution in [-0.4, -0.2) is 13.1 Å². The lowest BCUT2D eigenvalue weighted by atomic mass is 10.2. The van der Waals surface area contributed by atoms with E-state index in [1.807, 2.05) is 6.07 Å². The van der Waals surface area contributed by atoms with Gasteiger partial charge in [0.1, 0.15) is 6.07 Å². The molecule has 0 unspecified atom stereocenters. The van der Waals surface area contributed by atoms with Crippen LogP contribution in [0.3, 0.4) is 0 Å². The van der Waals surface area contributed by atoms with Crippen molar-refractivity contribution in [3.63, 3.8) is 0 Å². The fraction of sp³-hybridized carbons (Fsp3) is 0.364. The van der Waals surface area contributed by atoms with E-state index in [2.05, 4.69) is 45.7 Å². The van der Waals surface area contributed by atoms with E-state index in [0.29, 0.717) is 0 Å². The molecule has 0 aliphatic carbocycles. The van der Waals surface area contributed by atoms with E-state index in [1.54, 1.807) is 0 Å². The van der Waals surface area contributed by atoms with Crippen molar-refractivity contribution in [2.75, 3.05) is 18.0 Å². The normalized spacial score (nSPS) is 15.6. The van der Waals surface area contributed by atoms with Crippen molar-refractivity contribution in [1.29, 1.82) is 5.26 Å². The Labute approximate surface area is 97.7 Å². The van der Waals surface area contributed by atoms with Gasteiger partial charge < -0.3 is 4.90 Å². The van der Waals surface area contributed by atoms with E-state index in [4.69, 9.17) is 5.26 Å². The zero-order chi connectivity index (χ0) is 9.97. The number of benzene rings is 1. The smallest absolute Gasteiger partial charge is 0.101 e. The molecule has 0 radical (unpaired) electrons.